The molecule has 0 unspecified atom stereocenters. The van der Waals surface area contributed by atoms with E-state index in [4.69, 9.17) is 4.74 Å². The van der Waals surface area contributed by atoms with Gasteiger partial charge in [0.05, 0.1) is 13.7 Å². The van der Waals surface area contributed by atoms with Crippen LogP contribution >= 0.6 is 0 Å². The highest BCUT2D eigenvalue weighted by Gasteiger charge is 2.07. The van der Waals surface area contributed by atoms with Gasteiger partial charge in [0.15, 0.2) is 6.61 Å². The number of methoxy groups -OCH3 is 1. The van der Waals surface area contributed by atoms with Gasteiger partial charge in [-0.3, -0.25) is 14.9 Å². The lowest BCUT2D eigenvalue weighted by molar-refractivity contribution is -0.127. The van der Waals surface area contributed by atoms with Gasteiger partial charge >= 0.3 is 6.09 Å². The van der Waals surface area contributed by atoms with Gasteiger partial charge in [0.2, 0.25) is 5.91 Å². The van der Waals surface area contributed by atoms with Crippen LogP contribution in [0.15, 0.2) is 54.6 Å². The van der Waals surface area contributed by atoms with Gasteiger partial charge in [0, 0.05) is 12.2 Å². The van der Waals surface area contributed by atoms with Crippen molar-refractivity contribution in [2.45, 2.75) is 6.54 Å². The minimum atomic E-state index is -0.553. The number of hydrogen-bond acceptors (Lipinski definition) is 5. The number of hydrogen-bond donors (Lipinski definition) is 3. The summed E-state index contributed by atoms with van der Waals surface area (Å²) in [7, 11) is 1.28. The van der Waals surface area contributed by atoms with E-state index in [0.717, 1.165) is 5.56 Å². The molecule has 0 atom stereocenters. The fourth-order valence-electron chi connectivity index (χ4n) is 2.03. The molecule has 0 fully saturated rings. The van der Waals surface area contributed by atoms with E-state index in [1.54, 1.807) is 48.5 Å². The van der Waals surface area contributed by atoms with E-state index in [1.807, 2.05) is 6.07 Å². The first-order valence-corrected chi connectivity index (χ1v) is 8.22. The Labute approximate surface area is 156 Å². The quantitative estimate of drug-likeness (QED) is 0.655. The van der Waals surface area contributed by atoms with E-state index < -0.39 is 6.09 Å². The van der Waals surface area contributed by atoms with Crippen molar-refractivity contribution in [3.8, 4) is 5.75 Å². The average Bonchev–Trinajstić information content (AvgIpc) is 2.70. The van der Waals surface area contributed by atoms with Gasteiger partial charge in [-0.15, -0.1) is 0 Å². The number of anilines is 1. The van der Waals surface area contributed by atoms with E-state index in [0.29, 0.717) is 18.0 Å². The van der Waals surface area contributed by atoms with Crippen LogP contribution in [0.25, 0.3) is 0 Å². The van der Waals surface area contributed by atoms with Crippen molar-refractivity contribution in [1.29, 1.82) is 0 Å². The molecule has 0 radical (unpaired) electrons. The zero-order valence-electron chi connectivity index (χ0n) is 14.9. The molecule has 8 heteroatoms. The molecule has 2 aromatic rings. The first kappa shape index (κ1) is 19.8. The van der Waals surface area contributed by atoms with Crippen molar-refractivity contribution in [1.82, 2.24) is 10.6 Å². The summed E-state index contributed by atoms with van der Waals surface area (Å²) < 4.78 is 9.80. The Morgan fingerprint density at radius 1 is 0.889 bits per heavy atom. The van der Waals surface area contributed by atoms with Crippen LogP contribution in [-0.4, -0.2) is 38.2 Å². The maximum Gasteiger partial charge on any atom is 0.411 e. The van der Waals surface area contributed by atoms with E-state index >= 15 is 0 Å². The van der Waals surface area contributed by atoms with Crippen LogP contribution in [0, 0.1) is 0 Å². The largest absolute Gasteiger partial charge is 0.484 e. The van der Waals surface area contributed by atoms with Crippen LogP contribution in [0.3, 0.4) is 0 Å². The van der Waals surface area contributed by atoms with Gasteiger partial charge in [0.1, 0.15) is 5.75 Å². The lowest BCUT2D eigenvalue weighted by atomic mass is 10.2. The fourth-order valence-corrected chi connectivity index (χ4v) is 2.03. The predicted molar refractivity (Wildman–Crippen MR) is 99.3 cm³/mol. The van der Waals surface area contributed by atoms with Gasteiger partial charge in [-0.1, -0.05) is 30.3 Å². The third-order valence-electron chi connectivity index (χ3n) is 3.43. The second-order valence-corrected chi connectivity index (χ2v) is 5.47. The van der Waals surface area contributed by atoms with Crippen LogP contribution in [0.2, 0.25) is 0 Å². The van der Waals surface area contributed by atoms with Crippen LogP contribution in [0.5, 0.6) is 5.75 Å². The van der Waals surface area contributed by atoms with Crippen molar-refractivity contribution in [3.05, 3.63) is 60.2 Å². The number of ether oxygens (including phenoxy) is 2. The van der Waals surface area contributed by atoms with Crippen molar-refractivity contribution in [2.75, 3.05) is 25.6 Å². The summed E-state index contributed by atoms with van der Waals surface area (Å²) in [6.07, 6.45) is -0.553. The van der Waals surface area contributed by atoms with Crippen molar-refractivity contribution >= 4 is 23.6 Å². The lowest BCUT2D eigenvalue weighted by Crippen LogP contribution is -2.38. The van der Waals surface area contributed by atoms with E-state index in [2.05, 4.69) is 20.7 Å². The molecular weight excluding hydrogens is 350 g/mol. The normalized spacial score (nSPS) is 9.81. The fraction of sp³-hybridized carbons (Fsp3) is 0.211. The van der Waals surface area contributed by atoms with Crippen LogP contribution in [0.4, 0.5) is 10.5 Å². The molecule has 2 rings (SSSR count). The highest BCUT2D eigenvalue weighted by molar-refractivity contribution is 5.85. The molecule has 142 valence electrons. The molecule has 2 aromatic carbocycles. The highest BCUT2D eigenvalue weighted by Crippen LogP contribution is 2.10. The molecule has 27 heavy (non-hydrogen) atoms. The average molecular weight is 371 g/mol. The predicted octanol–water partition coefficient (Wildman–Crippen LogP) is 1.68. The molecule has 0 aromatic heterocycles. The third-order valence-corrected chi connectivity index (χ3v) is 3.43. The number of para-hydroxylation sites is 1. The Bertz CT molecular complexity index is 763. The van der Waals surface area contributed by atoms with Gasteiger partial charge in [-0.2, -0.15) is 0 Å². The summed E-state index contributed by atoms with van der Waals surface area (Å²) in [4.78, 5) is 34.6. The van der Waals surface area contributed by atoms with Gasteiger partial charge in [-0.05, 0) is 29.8 Å². The SMILES string of the molecule is COC(=O)Nc1ccc(CNC(=O)CNC(=O)COc2ccccc2)cc1. The molecular formula is C19H21N3O5. The van der Waals surface area contributed by atoms with Gasteiger partial charge in [0.25, 0.3) is 5.91 Å². The number of nitrogens with one attached hydrogen (secondary N) is 3. The number of carbonyl (C=O) groups is 3. The number of benzene rings is 2. The van der Waals surface area contributed by atoms with Gasteiger partial charge in [-0.25, -0.2) is 4.79 Å². The maximum atomic E-state index is 11.8. The minimum Gasteiger partial charge on any atom is -0.484 e. The molecule has 3 N–H and O–H groups in total. The first-order chi connectivity index (χ1) is 13.1. The van der Waals surface area contributed by atoms with Crippen molar-refractivity contribution in [2.24, 2.45) is 0 Å². The zero-order chi connectivity index (χ0) is 19.5. The molecule has 0 saturated heterocycles. The number of carbonyl (C=O) groups excluding carboxylic acids is 3. The van der Waals surface area contributed by atoms with Crippen LogP contribution in [0.1, 0.15) is 5.56 Å². The van der Waals surface area contributed by atoms with Crippen LogP contribution < -0.4 is 20.7 Å². The third kappa shape index (κ3) is 7.47. The molecule has 0 spiro atoms. The zero-order valence-corrected chi connectivity index (χ0v) is 14.9. The molecule has 0 aliphatic carbocycles. The first-order valence-electron chi connectivity index (χ1n) is 8.22. The van der Waals surface area contributed by atoms with E-state index in [9.17, 15) is 14.4 Å². The van der Waals surface area contributed by atoms with Crippen LogP contribution in [-0.2, 0) is 20.9 Å². The summed E-state index contributed by atoms with van der Waals surface area (Å²) in [5.41, 5.74) is 1.43. The van der Waals surface area contributed by atoms with Gasteiger partial charge < -0.3 is 20.1 Å². The summed E-state index contributed by atoms with van der Waals surface area (Å²) >= 11 is 0. The summed E-state index contributed by atoms with van der Waals surface area (Å²) in [5, 5.41) is 7.71. The molecule has 3 amide bonds. The molecule has 0 saturated carbocycles. The molecule has 0 bridgehead atoms. The minimum absolute atomic E-state index is 0.140. The Hall–Kier alpha value is -3.55. The summed E-state index contributed by atoms with van der Waals surface area (Å²) in [6.45, 7) is -0.00135. The van der Waals surface area contributed by atoms with Crippen molar-refractivity contribution < 1.29 is 23.9 Å². The van der Waals surface area contributed by atoms with E-state index in [1.165, 1.54) is 7.11 Å². The second-order valence-electron chi connectivity index (χ2n) is 5.47. The second kappa shape index (κ2) is 10.4. The van der Waals surface area contributed by atoms with Crippen molar-refractivity contribution in [3.63, 3.8) is 0 Å². The monoisotopic (exact) mass is 371 g/mol. The highest BCUT2D eigenvalue weighted by atomic mass is 16.5. The Balaban J connectivity index is 1.65. The van der Waals surface area contributed by atoms with E-state index in [-0.39, 0.29) is 25.0 Å². The molecule has 0 aliphatic heterocycles. The maximum absolute atomic E-state index is 11.8. The Morgan fingerprint density at radius 3 is 2.26 bits per heavy atom. The number of amides is 3. The summed E-state index contributed by atoms with van der Waals surface area (Å²) in [6, 6.07) is 15.9. The molecule has 0 heterocycles. The molecule has 0 aliphatic rings. The Kier molecular flexibility index (Phi) is 7.65. The topological polar surface area (TPSA) is 106 Å². The smallest absolute Gasteiger partial charge is 0.411 e. The Morgan fingerprint density at radius 2 is 1.59 bits per heavy atom. The number of rotatable bonds is 8. The molecule has 8 nitrogen and oxygen atoms in total. The lowest BCUT2D eigenvalue weighted by Gasteiger charge is -2.09. The summed E-state index contributed by atoms with van der Waals surface area (Å²) in [5.74, 6) is -0.116. The standard InChI is InChI=1S/C19H21N3O5/c1-26-19(25)22-15-9-7-14(8-10-15)11-20-17(23)12-21-18(24)13-27-16-5-3-2-4-6-16/h2-10H,11-13H2,1H3,(H,20,23)(H,21,24)(H,22,25).